The van der Waals surface area contributed by atoms with E-state index < -0.39 is 0 Å². The maximum atomic E-state index is 10.4. The van der Waals surface area contributed by atoms with Crippen LogP contribution in [-0.2, 0) is 13.5 Å². The second kappa shape index (κ2) is 7.92. The zero-order valence-corrected chi connectivity index (χ0v) is 14.7. The smallest absolute Gasteiger partial charge is 0.127 e. The molecule has 1 aliphatic rings. The first-order valence-corrected chi connectivity index (χ1v) is 8.75. The number of aliphatic hydroxyl groups is 1. The van der Waals surface area contributed by atoms with Crippen LogP contribution in [0, 0.1) is 0 Å². The van der Waals surface area contributed by atoms with E-state index in [1.54, 1.807) is 0 Å². The molecular formula is C19H28N4O. The van der Waals surface area contributed by atoms with E-state index in [4.69, 9.17) is 0 Å². The minimum Gasteiger partial charge on any atom is -0.392 e. The summed E-state index contributed by atoms with van der Waals surface area (Å²) in [4.78, 5) is 9.24. The number of aliphatic hydroxyl groups excluding tert-OH is 1. The van der Waals surface area contributed by atoms with Crippen molar-refractivity contribution in [1.82, 2.24) is 19.4 Å². The van der Waals surface area contributed by atoms with Gasteiger partial charge in [0, 0.05) is 45.6 Å². The van der Waals surface area contributed by atoms with Gasteiger partial charge < -0.3 is 9.67 Å². The molecule has 0 radical (unpaired) electrons. The van der Waals surface area contributed by atoms with Crippen LogP contribution in [0.4, 0.5) is 0 Å². The quantitative estimate of drug-likeness (QED) is 0.877. The van der Waals surface area contributed by atoms with E-state index in [2.05, 4.69) is 50.7 Å². The normalized spacial score (nSPS) is 21.0. The molecule has 1 aromatic carbocycles. The van der Waals surface area contributed by atoms with Crippen LogP contribution in [0.1, 0.15) is 23.9 Å². The summed E-state index contributed by atoms with van der Waals surface area (Å²) in [6, 6.07) is 10.7. The second-order valence-electron chi connectivity index (χ2n) is 6.83. The topological polar surface area (TPSA) is 44.5 Å². The van der Waals surface area contributed by atoms with Crippen molar-refractivity contribution in [2.45, 2.75) is 25.0 Å². The number of imidazole rings is 1. The zero-order valence-electron chi connectivity index (χ0n) is 14.7. The Labute approximate surface area is 144 Å². The van der Waals surface area contributed by atoms with E-state index >= 15 is 0 Å². The van der Waals surface area contributed by atoms with E-state index in [0.29, 0.717) is 6.04 Å². The minimum absolute atomic E-state index is 0.282. The summed E-state index contributed by atoms with van der Waals surface area (Å²) >= 11 is 0. The molecule has 5 heteroatoms. The third kappa shape index (κ3) is 4.23. The van der Waals surface area contributed by atoms with E-state index in [1.807, 2.05) is 25.5 Å². The van der Waals surface area contributed by atoms with Crippen molar-refractivity contribution in [1.29, 1.82) is 0 Å². The van der Waals surface area contributed by atoms with Crippen LogP contribution in [0.25, 0.3) is 0 Å². The van der Waals surface area contributed by atoms with Crippen LogP contribution in [0.2, 0.25) is 0 Å². The van der Waals surface area contributed by atoms with Gasteiger partial charge in [-0.3, -0.25) is 9.80 Å². The number of hydrogen-bond acceptors (Lipinski definition) is 4. The number of nitrogens with zero attached hydrogens (tertiary/aromatic N) is 4. The Hall–Kier alpha value is -1.69. The predicted molar refractivity (Wildman–Crippen MR) is 95.8 cm³/mol. The van der Waals surface area contributed by atoms with Gasteiger partial charge in [0.1, 0.15) is 5.82 Å². The maximum Gasteiger partial charge on any atom is 0.127 e. The molecule has 2 heterocycles. The highest BCUT2D eigenvalue weighted by molar-refractivity contribution is 5.14. The summed E-state index contributed by atoms with van der Waals surface area (Å²) < 4.78 is 2.09. The summed E-state index contributed by atoms with van der Waals surface area (Å²) in [6.45, 7) is 3.66. The van der Waals surface area contributed by atoms with Crippen LogP contribution < -0.4 is 0 Å². The molecule has 0 aliphatic carbocycles. The van der Waals surface area contributed by atoms with Crippen molar-refractivity contribution in [2.75, 3.05) is 33.2 Å². The van der Waals surface area contributed by atoms with E-state index in [-0.39, 0.29) is 6.10 Å². The van der Waals surface area contributed by atoms with Crippen molar-refractivity contribution in [3.05, 3.63) is 54.1 Å². The first-order valence-electron chi connectivity index (χ1n) is 8.75. The van der Waals surface area contributed by atoms with Crippen molar-refractivity contribution >= 4 is 0 Å². The number of likely N-dealkylation sites (N-methyl/N-ethyl adjacent to an activating group) is 1. The lowest BCUT2D eigenvalue weighted by Crippen LogP contribution is -2.49. The zero-order chi connectivity index (χ0) is 16.9. The molecule has 130 valence electrons. The van der Waals surface area contributed by atoms with E-state index in [9.17, 15) is 5.11 Å². The fourth-order valence-corrected chi connectivity index (χ4v) is 3.44. The lowest BCUT2D eigenvalue weighted by Gasteiger charge is -2.39. The Morgan fingerprint density at radius 2 is 2.00 bits per heavy atom. The van der Waals surface area contributed by atoms with Gasteiger partial charge in [-0.05, 0) is 25.5 Å². The third-order valence-electron chi connectivity index (χ3n) is 4.97. The molecule has 1 aromatic heterocycles. The van der Waals surface area contributed by atoms with Crippen LogP contribution in [-0.4, -0.2) is 63.8 Å². The molecule has 1 saturated heterocycles. The number of aryl methyl sites for hydroxylation is 2. The molecule has 0 bridgehead atoms. The van der Waals surface area contributed by atoms with Gasteiger partial charge in [0.15, 0.2) is 0 Å². The van der Waals surface area contributed by atoms with Crippen LogP contribution in [0.15, 0.2) is 42.7 Å². The molecule has 0 amide bonds. The van der Waals surface area contributed by atoms with Gasteiger partial charge in [-0.2, -0.15) is 0 Å². The molecule has 1 N–H and O–H groups in total. The molecule has 0 saturated carbocycles. The molecule has 2 atom stereocenters. The predicted octanol–water partition coefficient (Wildman–Crippen LogP) is 1.70. The Bertz CT molecular complexity index is 627. The molecule has 2 aromatic rings. The average molecular weight is 328 g/mol. The monoisotopic (exact) mass is 328 g/mol. The van der Waals surface area contributed by atoms with Crippen molar-refractivity contribution in [3.63, 3.8) is 0 Å². The van der Waals surface area contributed by atoms with Gasteiger partial charge in [-0.1, -0.05) is 30.3 Å². The Morgan fingerprint density at radius 1 is 1.21 bits per heavy atom. The molecule has 24 heavy (non-hydrogen) atoms. The third-order valence-corrected chi connectivity index (χ3v) is 4.97. The van der Waals surface area contributed by atoms with Gasteiger partial charge in [-0.15, -0.1) is 0 Å². The van der Waals surface area contributed by atoms with Gasteiger partial charge in [-0.25, -0.2) is 4.98 Å². The summed E-state index contributed by atoms with van der Waals surface area (Å²) in [5.74, 6) is 1.10. The highest BCUT2D eigenvalue weighted by Crippen LogP contribution is 2.22. The summed E-state index contributed by atoms with van der Waals surface area (Å²) in [7, 11) is 4.20. The highest BCUT2D eigenvalue weighted by Gasteiger charge is 2.29. The summed E-state index contributed by atoms with van der Waals surface area (Å²) in [5, 5.41) is 10.4. The maximum absolute atomic E-state index is 10.4. The van der Waals surface area contributed by atoms with Crippen molar-refractivity contribution in [3.8, 4) is 0 Å². The summed E-state index contributed by atoms with van der Waals surface area (Å²) in [5.41, 5.74) is 1.29. The average Bonchev–Trinajstić information content (AvgIpc) is 3.01. The van der Waals surface area contributed by atoms with Gasteiger partial charge in [0.2, 0.25) is 0 Å². The standard InChI is InChI=1S/C19H28N4O/c1-21-12-13-23(15-18(21)19-20-10-11-22(19)2)14-17(24)9-8-16-6-4-3-5-7-16/h3-7,10-11,17-18,24H,8-9,12-15H2,1-2H3. The SMILES string of the molecule is CN1CCN(CC(O)CCc2ccccc2)CC1c1nccn1C. The van der Waals surface area contributed by atoms with Crippen LogP contribution in [0.5, 0.6) is 0 Å². The Morgan fingerprint density at radius 3 is 2.71 bits per heavy atom. The first-order chi connectivity index (χ1) is 11.6. The van der Waals surface area contributed by atoms with Gasteiger partial charge >= 0.3 is 0 Å². The van der Waals surface area contributed by atoms with Crippen molar-refractivity contribution in [2.24, 2.45) is 7.05 Å². The van der Waals surface area contributed by atoms with E-state index in [1.165, 1.54) is 5.56 Å². The fraction of sp³-hybridized carbons (Fsp3) is 0.526. The molecular weight excluding hydrogens is 300 g/mol. The largest absolute Gasteiger partial charge is 0.392 e. The molecule has 2 unspecified atom stereocenters. The van der Waals surface area contributed by atoms with Crippen molar-refractivity contribution < 1.29 is 5.11 Å². The molecule has 5 nitrogen and oxygen atoms in total. The first kappa shape index (κ1) is 17.1. The number of benzene rings is 1. The molecule has 3 rings (SSSR count). The molecule has 1 fully saturated rings. The lowest BCUT2D eigenvalue weighted by atomic mass is 10.1. The highest BCUT2D eigenvalue weighted by atomic mass is 16.3. The molecule has 0 spiro atoms. The number of aromatic nitrogens is 2. The second-order valence-corrected chi connectivity index (χ2v) is 6.83. The number of piperazine rings is 1. The number of hydrogen-bond donors (Lipinski definition) is 1. The lowest BCUT2D eigenvalue weighted by molar-refractivity contribution is 0.0452. The minimum atomic E-state index is -0.282. The van der Waals surface area contributed by atoms with E-state index in [0.717, 1.165) is 44.8 Å². The van der Waals surface area contributed by atoms with Crippen LogP contribution in [0.3, 0.4) is 0 Å². The van der Waals surface area contributed by atoms with Crippen LogP contribution >= 0.6 is 0 Å². The fourth-order valence-electron chi connectivity index (χ4n) is 3.44. The number of rotatable bonds is 6. The summed E-state index contributed by atoms with van der Waals surface area (Å²) in [6.07, 6.45) is 5.31. The van der Waals surface area contributed by atoms with Gasteiger partial charge in [0.25, 0.3) is 0 Å². The molecule has 1 aliphatic heterocycles. The Kier molecular flexibility index (Phi) is 5.66. The number of β-amino-alcohol motifs (C(OH)–C–C–N with tert-alkyl or cyclic N) is 1. The Balaban J connectivity index is 1.52. The van der Waals surface area contributed by atoms with Gasteiger partial charge in [0.05, 0.1) is 12.1 Å².